The highest BCUT2D eigenvalue weighted by Gasteiger charge is 2.11. The molecule has 0 spiro atoms. The molecule has 2 rings (SSSR count). The van der Waals surface area contributed by atoms with Crippen molar-refractivity contribution in [3.8, 4) is 0 Å². The van der Waals surface area contributed by atoms with Crippen LogP contribution in [0.5, 0.6) is 0 Å². The van der Waals surface area contributed by atoms with E-state index in [4.69, 9.17) is 11.6 Å². The molecule has 0 radical (unpaired) electrons. The highest BCUT2D eigenvalue weighted by atomic mass is 79.9. The van der Waals surface area contributed by atoms with Gasteiger partial charge in [-0.1, -0.05) is 11.6 Å². The van der Waals surface area contributed by atoms with E-state index in [0.29, 0.717) is 10.6 Å². The predicted molar refractivity (Wildman–Crippen MR) is 82.3 cm³/mol. The molecular formula is C15H13BrClF2N. The van der Waals surface area contributed by atoms with Crippen molar-refractivity contribution in [3.05, 3.63) is 62.6 Å². The minimum Gasteiger partial charge on any atom is -0.378 e. The van der Waals surface area contributed by atoms with Crippen molar-refractivity contribution in [1.82, 2.24) is 0 Å². The molecule has 2 aromatic rings. The zero-order valence-corrected chi connectivity index (χ0v) is 13.3. The molecule has 0 fully saturated rings. The van der Waals surface area contributed by atoms with Gasteiger partial charge < -0.3 is 5.32 Å². The zero-order chi connectivity index (χ0) is 14.9. The van der Waals surface area contributed by atoms with Crippen LogP contribution in [0.15, 0.2) is 34.8 Å². The second kappa shape index (κ2) is 6.10. The summed E-state index contributed by atoms with van der Waals surface area (Å²) >= 11 is 9.53. The van der Waals surface area contributed by atoms with E-state index in [-0.39, 0.29) is 6.04 Å². The molecule has 2 aromatic carbocycles. The topological polar surface area (TPSA) is 12.0 Å². The van der Waals surface area contributed by atoms with Crippen LogP contribution in [0.3, 0.4) is 0 Å². The molecular weight excluding hydrogens is 348 g/mol. The number of rotatable bonds is 3. The Kier molecular flexibility index (Phi) is 4.66. The number of halogens is 4. The van der Waals surface area contributed by atoms with Gasteiger partial charge in [-0.25, -0.2) is 8.78 Å². The van der Waals surface area contributed by atoms with Gasteiger partial charge in [-0.3, -0.25) is 0 Å². The Bertz CT molecular complexity index is 626. The van der Waals surface area contributed by atoms with Crippen LogP contribution in [0, 0.1) is 18.6 Å². The highest BCUT2D eigenvalue weighted by Crippen LogP contribution is 2.32. The fraction of sp³-hybridized carbons (Fsp3) is 0.200. The van der Waals surface area contributed by atoms with Crippen molar-refractivity contribution in [2.24, 2.45) is 0 Å². The van der Waals surface area contributed by atoms with Crippen LogP contribution >= 0.6 is 27.5 Å². The van der Waals surface area contributed by atoms with Crippen molar-refractivity contribution in [3.63, 3.8) is 0 Å². The third-order valence-electron chi connectivity index (χ3n) is 3.01. The van der Waals surface area contributed by atoms with Crippen LogP contribution in [0.4, 0.5) is 14.5 Å². The summed E-state index contributed by atoms with van der Waals surface area (Å²) in [5, 5.41) is 3.82. The molecule has 0 saturated heterocycles. The van der Waals surface area contributed by atoms with Gasteiger partial charge in [-0.05, 0) is 65.2 Å². The third kappa shape index (κ3) is 3.49. The highest BCUT2D eigenvalue weighted by molar-refractivity contribution is 9.10. The normalized spacial score (nSPS) is 12.3. The summed E-state index contributed by atoms with van der Waals surface area (Å²) in [7, 11) is 0. The monoisotopic (exact) mass is 359 g/mol. The number of aryl methyl sites for hydroxylation is 1. The lowest BCUT2D eigenvalue weighted by Gasteiger charge is -2.18. The van der Waals surface area contributed by atoms with Crippen LogP contribution < -0.4 is 5.32 Å². The van der Waals surface area contributed by atoms with Gasteiger partial charge in [0.15, 0.2) is 0 Å². The first kappa shape index (κ1) is 15.3. The quantitative estimate of drug-likeness (QED) is 0.722. The van der Waals surface area contributed by atoms with Gasteiger partial charge >= 0.3 is 0 Å². The van der Waals surface area contributed by atoms with E-state index in [1.54, 1.807) is 6.07 Å². The standard InChI is InChI=1S/C15H13BrClF2N/c1-8-3-13(16)15(7-14(8)17)20-9(2)10-4-11(18)6-12(19)5-10/h3-7,9,20H,1-2H3. The second-order valence-electron chi connectivity index (χ2n) is 4.65. The molecule has 1 N–H and O–H groups in total. The summed E-state index contributed by atoms with van der Waals surface area (Å²) < 4.78 is 27.3. The summed E-state index contributed by atoms with van der Waals surface area (Å²) in [6.45, 7) is 3.73. The lowest BCUT2D eigenvalue weighted by atomic mass is 10.1. The first-order valence-corrected chi connectivity index (χ1v) is 7.22. The van der Waals surface area contributed by atoms with Gasteiger partial charge in [0, 0.05) is 21.6 Å². The molecule has 20 heavy (non-hydrogen) atoms. The maximum atomic E-state index is 13.2. The molecule has 0 aliphatic carbocycles. The number of hydrogen-bond acceptors (Lipinski definition) is 1. The van der Waals surface area contributed by atoms with Crippen LogP contribution in [0.1, 0.15) is 24.1 Å². The van der Waals surface area contributed by atoms with E-state index in [1.165, 1.54) is 12.1 Å². The maximum absolute atomic E-state index is 13.2. The fourth-order valence-electron chi connectivity index (χ4n) is 1.90. The van der Waals surface area contributed by atoms with Gasteiger partial charge in [0.05, 0.1) is 5.69 Å². The summed E-state index contributed by atoms with van der Waals surface area (Å²) in [6.07, 6.45) is 0. The zero-order valence-electron chi connectivity index (χ0n) is 11.0. The molecule has 0 amide bonds. The van der Waals surface area contributed by atoms with E-state index < -0.39 is 11.6 Å². The second-order valence-corrected chi connectivity index (χ2v) is 5.91. The Labute approximate surface area is 130 Å². The number of benzene rings is 2. The summed E-state index contributed by atoms with van der Waals surface area (Å²) in [5.74, 6) is -1.18. The molecule has 1 nitrogen and oxygen atoms in total. The maximum Gasteiger partial charge on any atom is 0.126 e. The average molecular weight is 361 g/mol. The number of nitrogens with one attached hydrogen (secondary N) is 1. The summed E-state index contributed by atoms with van der Waals surface area (Å²) in [4.78, 5) is 0. The van der Waals surface area contributed by atoms with Gasteiger partial charge in [0.25, 0.3) is 0 Å². The molecule has 0 heterocycles. The Morgan fingerprint density at radius 3 is 2.30 bits per heavy atom. The lowest BCUT2D eigenvalue weighted by molar-refractivity contribution is 0.577. The smallest absolute Gasteiger partial charge is 0.126 e. The molecule has 1 unspecified atom stereocenters. The fourth-order valence-corrected chi connectivity index (χ4v) is 2.63. The van der Waals surface area contributed by atoms with E-state index in [1.807, 2.05) is 19.9 Å². The van der Waals surface area contributed by atoms with Gasteiger partial charge in [-0.2, -0.15) is 0 Å². The van der Waals surface area contributed by atoms with Crippen LogP contribution in [-0.4, -0.2) is 0 Å². The molecule has 106 valence electrons. The minimum absolute atomic E-state index is 0.254. The number of hydrogen-bond donors (Lipinski definition) is 1. The van der Waals surface area contributed by atoms with E-state index >= 15 is 0 Å². The van der Waals surface area contributed by atoms with E-state index in [0.717, 1.165) is 21.8 Å². The first-order chi connectivity index (χ1) is 9.36. The summed E-state index contributed by atoms with van der Waals surface area (Å²) in [5.41, 5.74) is 2.26. The van der Waals surface area contributed by atoms with Gasteiger partial charge in [0.1, 0.15) is 11.6 Å². The minimum atomic E-state index is -0.588. The van der Waals surface area contributed by atoms with E-state index in [9.17, 15) is 8.78 Å². The lowest BCUT2D eigenvalue weighted by Crippen LogP contribution is -2.08. The van der Waals surface area contributed by atoms with E-state index in [2.05, 4.69) is 21.2 Å². The molecule has 0 bridgehead atoms. The largest absolute Gasteiger partial charge is 0.378 e. The van der Waals surface area contributed by atoms with Crippen molar-refractivity contribution in [2.45, 2.75) is 19.9 Å². The van der Waals surface area contributed by atoms with Crippen LogP contribution in [0.2, 0.25) is 5.02 Å². The molecule has 0 saturated carbocycles. The molecule has 0 aliphatic heterocycles. The predicted octanol–water partition coefficient (Wildman–Crippen LogP) is 5.86. The summed E-state index contributed by atoms with van der Waals surface area (Å²) in [6, 6.07) is 6.90. The van der Waals surface area contributed by atoms with Crippen LogP contribution in [-0.2, 0) is 0 Å². The van der Waals surface area contributed by atoms with Crippen molar-refractivity contribution in [2.75, 3.05) is 5.32 Å². The molecule has 0 aromatic heterocycles. The Morgan fingerprint density at radius 2 is 1.70 bits per heavy atom. The van der Waals surface area contributed by atoms with Crippen molar-refractivity contribution in [1.29, 1.82) is 0 Å². The average Bonchev–Trinajstić information content (AvgIpc) is 2.34. The first-order valence-electron chi connectivity index (χ1n) is 6.05. The molecule has 5 heteroatoms. The molecule has 0 aliphatic rings. The Balaban J connectivity index is 2.27. The van der Waals surface area contributed by atoms with Crippen LogP contribution in [0.25, 0.3) is 0 Å². The Morgan fingerprint density at radius 1 is 1.10 bits per heavy atom. The number of anilines is 1. The third-order valence-corrected chi connectivity index (χ3v) is 4.07. The Hall–Kier alpha value is -1.13. The van der Waals surface area contributed by atoms with Gasteiger partial charge in [-0.15, -0.1) is 0 Å². The van der Waals surface area contributed by atoms with Gasteiger partial charge in [0.2, 0.25) is 0 Å². The van der Waals surface area contributed by atoms with Crippen molar-refractivity contribution >= 4 is 33.2 Å². The SMILES string of the molecule is Cc1cc(Br)c(NC(C)c2cc(F)cc(F)c2)cc1Cl. The van der Waals surface area contributed by atoms with Crippen molar-refractivity contribution < 1.29 is 8.78 Å². The molecule has 1 atom stereocenters.